The monoisotopic (exact) mass is 257 g/mol. The molecule has 0 spiro atoms. The van der Waals surface area contributed by atoms with E-state index < -0.39 is 0 Å². The lowest BCUT2D eigenvalue weighted by Gasteiger charge is -2.30. The first-order valence-corrected chi connectivity index (χ1v) is 7.60. The van der Waals surface area contributed by atoms with Crippen LogP contribution in [0.2, 0.25) is 0 Å². The molecule has 18 heavy (non-hydrogen) atoms. The lowest BCUT2D eigenvalue weighted by Crippen LogP contribution is -2.51. The number of aliphatic hydroxyl groups excluding tert-OH is 1. The van der Waals surface area contributed by atoms with E-state index in [9.17, 15) is 5.11 Å². The lowest BCUT2D eigenvalue weighted by atomic mass is 10.0. The Labute approximate surface area is 112 Å². The third kappa shape index (κ3) is 6.72. The van der Waals surface area contributed by atoms with E-state index in [4.69, 9.17) is 4.74 Å². The molecule has 0 aromatic carbocycles. The predicted molar refractivity (Wildman–Crippen MR) is 75.8 cm³/mol. The van der Waals surface area contributed by atoms with Crippen molar-refractivity contribution in [2.45, 2.75) is 83.4 Å². The minimum absolute atomic E-state index is 0.145. The molecule has 0 amide bonds. The molecule has 1 saturated carbocycles. The normalized spacial score (nSPS) is 20.7. The molecule has 0 bridgehead atoms. The van der Waals surface area contributed by atoms with Gasteiger partial charge in [-0.15, -0.1) is 0 Å². The molecule has 3 heteroatoms. The van der Waals surface area contributed by atoms with Crippen molar-refractivity contribution in [3.63, 3.8) is 0 Å². The molecular weight excluding hydrogens is 226 g/mol. The summed E-state index contributed by atoms with van der Waals surface area (Å²) in [6.45, 7) is 7.17. The molecule has 2 N–H and O–H groups in total. The summed E-state index contributed by atoms with van der Waals surface area (Å²) < 4.78 is 5.88. The van der Waals surface area contributed by atoms with Crippen molar-refractivity contribution >= 4 is 0 Å². The maximum atomic E-state index is 9.48. The number of hydrogen-bond acceptors (Lipinski definition) is 3. The molecule has 0 aromatic heterocycles. The molecule has 3 nitrogen and oxygen atoms in total. The van der Waals surface area contributed by atoms with Crippen molar-refractivity contribution in [2.24, 2.45) is 0 Å². The van der Waals surface area contributed by atoms with Crippen LogP contribution in [0.15, 0.2) is 0 Å². The zero-order valence-corrected chi connectivity index (χ0v) is 12.4. The number of rotatable bonds is 11. The van der Waals surface area contributed by atoms with E-state index in [2.05, 4.69) is 26.1 Å². The molecule has 1 aliphatic carbocycles. The molecule has 0 radical (unpaired) electrons. The van der Waals surface area contributed by atoms with Gasteiger partial charge >= 0.3 is 0 Å². The van der Waals surface area contributed by atoms with E-state index in [-0.39, 0.29) is 12.1 Å². The fraction of sp³-hybridized carbons (Fsp3) is 1.00. The standard InChI is InChI=1S/C15H31NO2/c1-4-5-6-7-8-13(2)18-12-15(3,11-17)16-14-9-10-14/h13-14,16-17H,4-12H2,1-3H3. The molecule has 0 saturated heterocycles. The van der Waals surface area contributed by atoms with Crippen LogP contribution in [-0.2, 0) is 4.74 Å². The quantitative estimate of drug-likeness (QED) is 0.559. The zero-order chi connectivity index (χ0) is 13.4. The molecule has 108 valence electrons. The van der Waals surface area contributed by atoms with Gasteiger partial charge in [-0.25, -0.2) is 0 Å². The maximum Gasteiger partial charge on any atom is 0.0671 e. The topological polar surface area (TPSA) is 41.5 Å². The first-order valence-electron chi connectivity index (χ1n) is 7.60. The van der Waals surface area contributed by atoms with Gasteiger partial charge in [0.2, 0.25) is 0 Å². The number of aliphatic hydroxyl groups is 1. The molecule has 1 aliphatic rings. The number of hydrogen-bond donors (Lipinski definition) is 2. The summed E-state index contributed by atoms with van der Waals surface area (Å²) in [7, 11) is 0. The van der Waals surface area contributed by atoms with Crippen molar-refractivity contribution in [1.82, 2.24) is 5.32 Å². The molecule has 2 atom stereocenters. The Balaban J connectivity index is 2.12. The number of ether oxygens (including phenoxy) is 1. The van der Waals surface area contributed by atoms with Crippen molar-refractivity contribution in [1.29, 1.82) is 0 Å². The van der Waals surface area contributed by atoms with Gasteiger partial charge in [0.15, 0.2) is 0 Å². The lowest BCUT2D eigenvalue weighted by molar-refractivity contribution is -0.000610. The van der Waals surface area contributed by atoms with Crippen LogP contribution >= 0.6 is 0 Å². The molecule has 1 fully saturated rings. The maximum absolute atomic E-state index is 9.48. The minimum Gasteiger partial charge on any atom is -0.394 e. The van der Waals surface area contributed by atoms with Crippen LogP contribution in [-0.4, -0.2) is 36.0 Å². The number of nitrogens with one attached hydrogen (secondary N) is 1. The van der Waals surface area contributed by atoms with E-state index in [0.717, 1.165) is 6.42 Å². The molecule has 0 aromatic rings. The van der Waals surface area contributed by atoms with Gasteiger partial charge in [0.1, 0.15) is 0 Å². The highest BCUT2D eigenvalue weighted by Gasteiger charge is 2.32. The molecule has 1 rings (SSSR count). The van der Waals surface area contributed by atoms with Crippen LogP contribution in [0.3, 0.4) is 0 Å². The Bertz CT molecular complexity index is 219. The van der Waals surface area contributed by atoms with Crippen molar-refractivity contribution in [3.8, 4) is 0 Å². The van der Waals surface area contributed by atoms with Crippen LogP contribution < -0.4 is 5.32 Å². The average Bonchev–Trinajstić information content (AvgIpc) is 3.16. The van der Waals surface area contributed by atoms with Gasteiger partial charge in [-0.1, -0.05) is 32.6 Å². The molecular formula is C15H31NO2. The van der Waals surface area contributed by atoms with Gasteiger partial charge < -0.3 is 15.2 Å². The second-order valence-electron chi connectivity index (χ2n) is 6.11. The van der Waals surface area contributed by atoms with E-state index in [0.29, 0.717) is 18.8 Å². The van der Waals surface area contributed by atoms with E-state index in [1.54, 1.807) is 0 Å². The SMILES string of the molecule is CCCCCCC(C)OCC(C)(CO)NC1CC1. The molecule has 2 unspecified atom stereocenters. The fourth-order valence-electron chi connectivity index (χ4n) is 2.12. The minimum atomic E-state index is -0.265. The Hall–Kier alpha value is -0.120. The second kappa shape index (κ2) is 8.13. The first-order chi connectivity index (χ1) is 8.59. The highest BCUT2D eigenvalue weighted by Crippen LogP contribution is 2.23. The Kier molecular flexibility index (Phi) is 7.20. The van der Waals surface area contributed by atoms with Crippen molar-refractivity contribution in [3.05, 3.63) is 0 Å². The van der Waals surface area contributed by atoms with Gasteiger partial charge in [0, 0.05) is 6.04 Å². The van der Waals surface area contributed by atoms with Gasteiger partial charge in [-0.3, -0.25) is 0 Å². The van der Waals surface area contributed by atoms with Crippen molar-refractivity contribution in [2.75, 3.05) is 13.2 Å². The molecule has 0 aliphatic heterocycles. The highest BCUT2D eigenvalue weighted by atomic mass is 16.5. The smallest absolute Gasteiger partial charge is 0.0671 e. The van der Waals surface area contributed by atoms with E-state index in [1.165, 1.54) is 38.5 Å². The van der Waals surface area contributed by atoms with E-state index >= 15 is 0 Å². The average molecular weight is 257 g/mol. The molecule has 0 heterocycles. The highest BCUT2D eigenvalue weighted by molar-refractivity contribution is 4.92. The Morgan fingerprint density at radius 2 is 2.06 bits per heavy atom. The van der Waals surface area contributed by atoms with Crippen LogP contribution in [0.1, 0.15) is 65.7 Å². The Morgan fingerprint density at radius 3 is 2.61 bits per heavy atom. The summed E-state index contributed by atoms with van der Waals surface area (Å²) in [6.07, 6.45) is 9.07. The summed E-state index contributed by atoms with van der Waals surface area (Å²) >= 11 is 0. The first kappa shape index (κ1) is 15.9. The van der Waals surface area contributed by atoms with Crippen LogP contribution in [0.4, 0.5) is 0 Å². The van der Waals surface area contributed by atoms with Crippen LogP contribution in [0.5, 0.6) is 0 Å². The predicted octanol–water partition coefficient (Wildman–Crippen LogP) is 2.86. The summed E-state index contributed by atoms with van der Waals surface area (Å²) in [4.78, 5) is 0. The summed E-state index contributed by atoms with van der Waals surface area (Å²) in [5, 5.41) is 13.0. The number of unbranched alkanes of at least 4 members (excludes halogenated alkanes) is 3. The summed E-state index contributed by atoms with van der Waals surface area (Å²) in [5.74, 6) is 0. The zero-order valence-electron chi connectivity index (χ0n) is 12.4. The van der Waals surface area contributed by atoms with Crippen LogP contribution in [0.25, 0.3) is 0 Å². The summed E-state index contributed by atoms with van der Waals surface area (Å²) in [6, 6.07) is 0.602. The van der Waals surface area contributed by atoms with Gasteiger partial charge in [0.05, 0.1) is 24.9 Å². The summed E-state index contributed by atoms with van der Waals surface area (Å²) in [5.41, 5.74) is -0.265. The largest absolute Gasteiger partial charge is 0.394 e. The van der Waals surface area contributed by atoms with Gasteiger partial charge in [-0.05, 0) is 33.1 Å². The van der Waals surface area contributed by atoms with Crippen molar-refractivity contribution < 1.29 is 9.84 Å². The Morgan fingerprint density at radius 1 is 1.33 bits per heavy atom. The van der Waals surface area contributed by atoms with E-state index in [1.807, 2.05) is 0 Å². The third-order valence-electron chi connectivity index (χ3n) is 3.63. The van der Waals surface area contributed by atoms with Gasteiger partial charge in [0.25, 0.3) is 0 Å². The third-order valence-corrected chi connectivity index (χ3v) is 3.63. The fourth-order valence-corrected chi connectivity index (χ4v) is 2.12. The van der Waals surface area contributed by atoms with Crippen LogP contribution in [0, 0.1) is 0 Å². The second-order valence-corrected chi connectivity index (χ2v) is 6.11. The van der Waals surface area contributed by atoms with Gasteiger partial charge in [-0.2, -0.15) is 0 Å².